The molecule has 0 amide bonds. The molecule has 1 rings (SSSR count). The Balaban J connectivity index is 2.54. The van der Waals surface area contributed by atoms with Gasteiger partial charge in [-0.2, -0.15) is 4.31 Å². The van der Waals surface area contributed by atoms with E-state index in [1.165, 1.54) is 0 Å². The van der Waals surface area contributed by atoms with Crippen LogP contribution in [-0.2, 0) is 14.8 Å². The lowest BCUT2D eigenvalue weighted by Crippen LogP contribution is -2.49. The van der Waals surface area contributed by atoms with Crippen molar-refractivity contribution in [1.82, 2.24) is 9.62 Å². The fourth-order valence-corrected chi connectivity index (χ4v) is 4.25. The van der Waals surface area contributed by atoms with E-state index < -0.39 is 10.0 Å². The van der Waals surface area contributed by atoms with E-state index in [1.54, 1.807) is 11.4 Å². The Labute approximate surface area is 117 Å². The molecule has 0 aromatic carbocycles. The van der Waals surface area contributed by atoms with Gasteiger partial charge in [-0.3, -0.25) is 0 Å². The standard InChI is InChI=1S/C13H28N2O3S/c1-3-8-14-12-13-7-4-5-9-15(13)19(16,17)11-6-10-18-2/h13-14H,3-12H2,1-2H3. The topological polar surface area (TPSA) is 58.6 Å². The van der Waals surface area contributed by atoms with Gasteiger partial charge in [-0.05, 0) is 32.2 Å². The number of sulfonamides is 1. The molecule has 19 heavy (non-hydrogen) atoms. The Morgan fingerprint density at radius 2 is 2.16 bits per heavy atom. The van der Waals surface area contributed by atoms with Crippen LogP contribution in [0.5, 0.6) is 0 Å². The van der Waals surface area contributed by atoms with Gasteiger partial charge >= 0.3 is 0 Å². The monoisotopic (exact) mass is 292 g/mol. The number of nitrogens with zero attached hydrogens (tertiary/aromatic N) is 1. The van der Waals surface area contributed by atoms with Gasteiger partial charge in [0.05, 0.1) is 5.75 Å². The first kappa shape index (κ1) is 16.9. The Morgan fingerprint density at radius 3 is 2.84 bits per heavy atom. The third kappa shape index (κ3) is 5.77. The normalized spacial score (nSPS) is 21.7. The number of nitrogens with one attached hydrogen (secondary N) is 1. The first-order valence-electron chi connectivity index (χ1n) is 7.31. The SMILES string of the molecule is CCCNCC1CCCCN1S(=O)(=O)CCCOC. The van der Waals surface area contributed by atoms with E-state index >= 15 is 0 Å². The minimum Gasteiger partial charge on any atom is -0.385 e. The first-order valence-corrected chi connectivity index (χ1v) is 8.92. The van der Waals surface area contributed by atoms with Crippen molar-refractivity contribution in [2.45, 2.75) is 45.1 Å². The van der Waals surface area contributed by atoms with Crippen molar-refractivity contribution in [3.05, 3.63) is 0 Å². The van der Waals surface area contributed by atoms with E-state index in [9.17, 15) is 8.42 Å². The van der Waals surface area contributed by atoms with E-state index in [0.29, 0.717) is 19.6 Å². The first-order chi connectivity index (χ1) is 9.11. The van der Waals surface area contributed by atoms with Crippen molar-refractivity contribution in [1.29, 1.82) is 0 Å². The summed E-state index contributed by atoms with van der Waals surface area (Å²) >= 11 is 0. The maximum Gasteiger partial charge on any atom is 0.214 e. The zero-order valence-electron chi connectivity index (χ0n) is 12.2. The van der Waals surface area contributed by atoms with E-state index in [-0.39, 0.29) is 11.8 Å². The zero-order chi connectivity index (χ0) is 14.1. The molecule has 0 aromatic rings. The quantitative estimate of drug-likeness (QED) is 0.649. The maximum absolute atomic E-state index is 12.3. The lowest BCUT2D eigenvalue weighted by atomic mass is 10.1. The minimum absolute atomic E-state index is 0.132. The molecule has 1 N–H and O–H groups in total. The molecule has 6 heteroatoms. The number of methoxy groups -OCH3 is 1. The second-order valence-electron chi connectivity index (χ2n) is 5.13. The van der Waals surface area contributed by atoms with Gasteiger partial charge in [0.1, 0.15) is 0 Å². The summed E-state index contributed by atoms with van der Waals surface area (Å²) in [6, 6.07) is 0.132. The van der Waals surface area contributed by atoms with Crippen LogP contribution < -0.4 is 5.32 Å². The molecular formula is C13H28N2O3S. The third-order valence-electron chi connectivity index (χ3n) is 3.49. The molecule has 0 bridgehead atoms. The second kappa shape index (κ2) is 8.89. The van der Waals surface area contributed by atoms with Crippen LogP contribution in [0.15, 0.2) is 0 Å². The fraction of sp³-hybridized carbons (Fsp3) is 1.00. The summed E-state index contributed by atoms with van der Waals surface area (Å²) in [5.41, 5.74) is 0. The average molecular weight is 292 g/mol. The van der Waals surface area contributed by atoms with Gasteiger partial charge in [-0.15, -0.1) is 0 Å². The summed E-state index contributed by atoms with van der Waals surface area (Å²) in [5, 5.41) is 3.34. The summed E-state index contributed by atoms with van der Waals surface area (Å²) in [5.74, 6) is 0.200. The maximum atomic E-state index is 12.3. The lowest BCUT2D eigenvalue weighted by molar-refractivity contribution is 0.198. The molecule has 0 aliphatic carbocycles. The predicted molar refractivity (Wildman–Crippen MR) is 77.8 cm³/mol. The van der Waals surface area contributed by atoms with Crippen molar-refractivity contribution >= 4 is 10.0 Å². The van der Waals surface area contributed by atoms with Gasteiger partial charge in [0.25, 0.3) is 0 Å². The van der Waals surface area contributed by atoms with Crippen molar-refractivity contribution in [2.75, 3.05) is 39.1 Å². The molecule has 1 aliphatic rings. The molecule has 114 valence electrons. The van der Waals surface area contributed by atoms with Gasteiger partial charge in [0, 0.05) is 32.8 Å². The average Bonchev–Trinajstić information content (AvgIpc) is 2.40. The van der Waals surface area contributed by atoms with Crippen molar-refractivity contribution < 1.29 is 13.2 Å². The molecule has 1 unspecified atom stereocenters. The largest absolute Gasteiger partial charge is 0.385 e. The van der Waals surface area contributed by atoms with Gasteiger partial charge in [0.15, 0.2) is 0 Å². The third-order valence-corrected chi connectivity index (χ3v) is 5.49. The predicted octanol–water partition coefficient (Wildman–Crippen LogP) is 1.21. The van der Waals surface area contributed by atoms with Crippen LogP contribution in [0.25, 0.3) is 0 Å². The molecule has 1 atom stereocenters. The number of hydrogen-bond acceptors (Lipinski definition) is 4. The van der Waals surface area contributed by atoms with Crippen LogP contribution in [0, 0.1) is 0 Å². The Bertz CT molecular complexity index is 333. The van der Waals surface area contributed by atoms with Crippen LogP contribution in [0.1, 0.15) is 39.0 Å². The number of piperidine rings is 1. The lowest BCUT2D eigenvalue weighted by Gasteiger charge is -2.35. The summed E-state index contributed by atoms with van der Waals surface area (Å²) in [6.45, 7) is 5.03. The van der Waals surface area contributed by atoms with Crippen LogP contribution in [0.3, 0.4) is 0 Å². The molecule has 1 saturated heterocycles. The van der Waals surface area contributed by atoms with Gasteiger partial charge in [0.2, 0.25) is 10.0 Å². The van der Waals surface area contributed by atoms with Gasteiger partial charge in [-0.25, -0.2) is 8.42 Å². The molecular weight excluding hydrogens is 264 g/mol. The van der Waals surface area contributed by atoms with Crippen molar-refractivity contribution in [2.24, 2.45) is 0 Å². The van der Waals surface area contributed by atoms with Crippen LogP contribution in [0.4, 0.5) is 0 Å². The van der Waals surface area contributed by atoms with E-state index in [1.807, 2.05) is 0 Å². The van der Waals surface area contributed by atoms with E-state index in [0.717, 1.165) is 38.8 Å². The highest BCUT2D eigenvalue weighted by atomic mass is 32.2. The highest BCUT2D eigenvalue weighted by molar-refractivity contribution is 7.89. The smallest absolute Gasteiger partial charge is 0.214 e. The molecule has 0 aromatic heterocycles. The van der Waals surface area contributed by atoms with Crippen molar-refractivity contribution in [3.8, 4) is 0 Å². The highest BCUT2D eigenvalue weighted by Crippen LogP contribution is 2.20. The van der Waals surface area contributed by atoms with E-state index in [4.69, 9.17) is 4.74 Å². The molecule has 0 spiro atoms. The van der Waals surface area contributed by atoms with Crippen molar-refractivity contribution in [3.63, 3.8) is 0 Å². The van der Waals surface area contributed by atoms with Gasteiger partial charge < -0.3 is 10.1 Å². The minimum atomic E-state index is -3.13. The van der Waals surface area contributed by atoms with Crippen LogP contribution in [-0.4, -0.2) is 57.9 Å². The Morgan fingerprint density at radius 1 is 1.37 bits per heavy atom. The Kier molecular flexibility index (Phi) is 7.90. The number of hydrogen-bond donors (Lipinski definition) is 1. The molecule has 0 saturated carbocycles. The summed E-state index contributed by atoms with van der Waals surface area (Å²) in [4.78, 5) is 0. The molecule has 0 radical (unpaired) electrons. The Hall–Kier alpha value is -0.170. The molecule has 1 heterocycles. The van der Waals surface area contributed by atoms with Gasteiger partial charge in [-0.1, -0.05) is 13.3 Å². The molecule has 5 nitrogen and oxygen atoms in total. The molecule has 1 fully saturated rings. The zero-order valence-corrected chi connectivity index (χ0v) is 13.0. The summed E-state index contributed by atoms with van der Waals surface area (Å²) < 4.78 is 31.3. The molecule has 1 aliphatic heterocycles. The second-order valence-corrected chi connectivity index (χ2v) is 7.17. The van der Waals surface area contributed by atoms with Crippen LogP contribution in [0.2, 0.25) is 0 Å². The highest BCUT2D eigenvalue weighted by Gasteiger charge is 2.31. The number of rotatable bonds is 9. The summed E-state index contributed by atoms with van der Waals surface area (Å²) in [7, 11) is -1.53. The fourth-order valence-electron chi connectivity index (χ4n) is 2.49. The van der Waals surface area contributed by atoms with Crippen LogP contribution >= 0.6 is 0 Å². The van der Waals surface area contributed by atoms with E-state index in [2.05, 4.69) is 12.2 Å². The number of ether oxygens (including phenoxy) is 1. The summed E-state index contributed by atoms with van der Waals surface area (Å²) in [6.07, 6.45) is 4.73.